The number of H-pyrrole nitrogens is 1. The van der Waals surface area contributed by atoms with Crippen LogP contribution in [0.25, 0.3) is 11.4 Å². The van der Waals surface area contributed by atoms with Gasteiger partial charge in [-0.3, -0.25) is 9.89 Å². The van der Waals surface area contributed by atoms with Crippen LogP contribution in [0.1, 0.15) is 0 Å². The van der Waals surface area contributed by atoms with Crippen molar-refractivity contribution in [1.29, 1.82) is 0 Å². The molecule has 0 fully saturated rings. The standard InChI is InChI=1S/C16H11Cl2IN4OS/c17-9-5-6-10(11(18)7-9)15-21-16(23-22-15)25-8-14(24)20-13-4-2-1-3-12(13)19/h1-7H,8H2,(H,20,24)(H,21,22,23). The number of nitrogens with zero attached hydrogens (tertiary/aromatic N) is 2. The Kier molecular flexibility index (Phi) is 6.21. The zero-order chi connectivity index (χ0) is 17.8. The van der Waals surface area contributed by atoms with Crippen molar-refractivity contribution in [2.45, 2.75) is 5.16 Å². The summed E-state index contributed by atoms with van der Waals surface area (Å²) < 4.78 is 0.982. The van der Waals surface area contributed by atoms with Crippen molar-refractivity contribution in [1.82, 2.24) is 15.2 Å². The van der Waals surface area contributed by atoms with Crippen LogP contribution < -0.4 is 5.32 Å². The largest absolute Gasteiger partial charge is 0.324 e. The van der Waals surface area contributed by atoms with E-state index >= 15 is 0 Å². The molecule has 0 aliphatic rings. The summed E-state index contributed by atoms with van der Waals surface area (Å²) in [4.78, 5) is 16.4. The monoisotopic (exact) mass is 504 g/mol. The van der Waals surface area contributed by atoms with Crippen LogP contribution in [0.5, 0.6) is 0 Å². The third kappa shape index (κ3) is 4.87. The number of aromatic amines is 1. The van der Waals surface area contributed by atoms with Gasteiger partial charge in [0.2, 0.25) is 11.1 Å². The summed E-state index contributed by atoms with van der Waals surface area (Å²) in [6.07, 6.45) is 0. The van der Waals surface area contributed by atoms with E-state index in [0.717, 1.165) is 9.26 Å². The summed E-state index contributed by atoms with van der Waals surface area (Å²) in [6, 6.07) is 12.7. The number of nitrogens with one attached hydrogen (secondary N) is 2. The lowest BCUT2D eigenvalue weighted by molar-refractivity contribution is -0.113. The highest BCUT2D eigenvalue weighted by molar-refractivity contribution is 14.1. The minimum atomic E-state index is -0.120. The van der Waals surface area contributed by atoms with Gasteiger partial charge in [-0.2, -0.15) is 0 Å². The summed E-state index contributed by atoms with van der Waals surface area (Å²) in [5.41, 5.74) is 1.49. The molecule has 5 nitrogen and oxygen atoms in total. The van der Waals surface area contributed by atoms with Gasteiger partial charge in [0.15, 0.2) is 5.82 Å². The Balaban J connectivity index is 1.62. The Morgan fingerprint density at radius 2 is 2.04 bits per heavy atom. The van der Waals surface area contributed by atoms with E-state index in [2.05, 4.69) is 43.1 Å². The maximum absolute atomic E-state index is 12.1. The fourth-order valence-electron chi connectivity index (χ4n) is 1.99. The Labute approximate surface area is 172 Å². The Morgan fingerprint density at radius 3 is 2.80 bits per heavy atom. The topological polar surface area (TPSA) is 70.7 Å². The molecule has 1 amide bonds. The molecule has 0 saturated carbocycles. The molecule has 1 heterocycles. The van der Waals surface area contributed by atoms with Crippen LogP contribution in [0.3, 0.4) is 0 Å². The predicted octanol–water partition coefficient (Wildman–Crippen LogP) is 5.11. The van der Waals surface area contributed by atoms with Crippen molar-refractivity contribution >= 4 is 69.1 Å². The summed E-state index contributed by atoms with van der Waals surface area (Å²) in [5.74, 6) is 0.614. The van der Waals surface area contributed by atoms with Crippen molar-refractivity contribution in [3.05, 3.63) is 56.1 Å². The van der Waals surface area contributed by atoms with Gasteiger partial charge in [0.05, 0.1) is 16.5 Å². The number of halogens is 3. The number of hydrogen-bond donors (Lipinski definition) is 2. The third-order valence-electron chi connectivity index (χ3n) is 3.13. The molecule has 2 N–H and O–H groups in total. The highest BCUT2D eigenvalue weighted by atomic mass is 127. The normalized spacial score (nSPS) is 10.7. The zero-order valence-corrected chi connectivity index (χ0v) is 17.1. The minimum Gasteiger partial charge on any atom is -0.324 e. The van der Waals surface area contributed by atoms with Crippen LogP contribution in [0.15, 0.2) is 47.6 Å². The summed E-state index contributed by atoms with van der Waals surface area (Å²) in [5, 5.41) is 11.3. The van der Waals surface area contributed by atoms with Crippen molar-refractivity contribution in [2.24, 2.45) is 0 Å². The third-order valence-corrected chi connectivity index (χ3v) is 5.47. The van der Waals surface area contributed by atoms with E-state index in [1.807, 2.05) is 24.3 Å². The number of thioether (sulfide) groups is 1. The fraction of sp³-hybridized carbons (Fsp3) is 0.0625. The van der Waals surface area contributed by atoms with E-state index in [4.69, 9.17) is 23.2 Å². The predicted molar refractivity (Wildman–Crippen MR) is 110 cm³/mol. The second kappa shape index (κ2) is 8.39. The maximum Gasteiger partial charge on any atom is 0.234 e. The Morgan fingerprint density at radius 1 is 1.24 bits per heavy atom. The number of hydrogen-bond acceptors (Lipinski definition) is 4. The molecule has 3 aromatic rings. The van der Waals surface area contributed by atoms with Crippen molar-refractivity contribution in [3.63, 3.8) is 0 Å². The van der Waals surface area contributed by atoms with E-state index in [0.29, 0.717) is 26.6 Å². The molecule has 0 radical (unpaired) electrons. The molecule has 0 saturated heterocycles. The van der Waals surface area contributed by atoms with Crippen molar-refractivity contribution in [3.8, 4) is 11.4 Å². The van der Waals surface area contributed by atoms with Gasteiger partial charge in [-0.05, 0) is 52.9 Å². The summed E-state index contributed by atoms with van der Waals surface area (Å²) >= 11 is 15.5. The van der Waals surface area contributed by atoms with Crippen molar-refractivity contribution < 1.29 is 4.79 Å². The maximum atomic E-state index is 12.1. The van der Waals surface area contributed by atoms with E-state index < -0.39 is 0 Å². The minimum absolute atomic E-state index is 0.120. The van der Waals surface area contributed by atoms with Gasteiger partial charge < -0.3 is 5.32 Å². The van der Waals surface area contributed by atoms with E-state index in [1.54, 1.807) is 18.2 Å². The molecule has 128 valence electrons. The first-order valence-corrected chi connectivity index (χ1v) is 9.90. The van der Waals surface area contributed by atoms with E-state index in [-0.39, 0.29) is 11.7 Å². The average molecular weight is 505 g/mol. The Hall–Kier alpha value is -1.29. The van der Waals surface area contributed by atoms with Gasteiger partial charge in [-0.15, -0.1) is 5.10 Å². The molecule has 0 unspecified atom stereocenters. The van der Waals surface area contributed by atoms with Gasteiger partial charge in [-0.1, -0.05) is 47.1 Å². The molecule has 25 heavy (non-hydrogen) atoms. The highest BCUT2D eigenvalue weighted by Crippen LogP contribution is 2.29. The number of benzene rings is 2. The quantitative estimate of drug-likeness (QED) is 0.374. The number of amides is 1. The molecule has 0 bridgehead atoms. The van der Waals surface area contributed by atoms with Gasteiger partial charge >= 0.3 is 0 Å². The molecule has 0 atom stereocenters. The molecular weight excluding hydrogens is 494 g/mol. The number of carbonyl (C=O) groups is 1. The highest BCUT2D eigenvalue weighted by Gasteiger charge is 2.12. The van der Waals surface area contributed by atoms with E-state index in [9.17, 15) is 4.79 Å². The zero-order valence-electron chi connectivity index (χ0n) is 12.6. The molecule has 0 spiro atoms. The molecule has 1 aromatic heterocycles. The van der Waals surface area contributed by atoms with Crippen LogP contribution in [0.2, 0.25) is 10.0 Å². The molecule has 0 aliphatic carbocycles. The number of rotatable bonds is 5. The van der Waals surface area contributed by atoms with Gasteiger partial charge in [0, 0.05) is 14.2 Å². The lowest BCUT2D eigenvalue weighted by Gasteiger charge is -2.05. The van der Waals surface area contributed by atoms with Crippen LogP contribution >= 0.6 is 57.6 Å². The molecule has 3 rings (SSSR count). The lowest BCUT2D eigenvalue weighted by atomic mass is 10.2. The fourth-order valence-corrected chi connectivity index (χ4v) is 3.61. The van der Waals surface area contributed by atoms with Crippen LogP contribution in [-0.4, -0.2) is 26.8 Å². The number of anilines is 1. The van der Waals surface area contributed by atoms with Crippen molar-refractivity contribution in [2.75, 3.05) is 11.1 Å². The van der Waals surface area contributed by atoms with Gasteiger partial charge in [-0.25, -0.2) is 4.98 Å². The van der Waals surface area contributed by atoms with Crippen LogP contribution in [-0.2, 0) is 4.79 Å². The van der Waals surface area contributed by atoms with Gasteiger partial charge in [0.1, 0.15) is 0 Å². The van der Waals surface area contributed by atoms with Crippen LogP contribution in [0.4, 0.5) is 5.69 Å². The first kappa shape index (κ1) is 18.5. The first-order valence-electron chi connectivity index (χ1n) is 7.08. The van der Waals surface area contributed by atoms with Crippen LogP contribution in [0, 0.1) is 3.57 Å². The number of carbonyl (C=O) groups excluding carboxylic acids is 1. The molecular formula is C16H11Cl2IN4OS. The van der Waals surface area contributed by atoms with Gasteiger partial charge in [0.25, 0.3) is 0 Å². The molecule has 2 aromatic carbocycles. The number of para-hydroxylation sites is 1. The first-order chi connectivity index (χ1) is 12.0. The molecule has 0 aliphatic heterocycles. The SMILES string of the molecule is O=C(CSc1n[nH]c(-c2ccc(Cl)cc2Cl)n1)Nc1ccccc1I. The smallest absolute Gasteiger partial charge is 0.234 e. The summed E-state index contributed by atoms with van der Waals surface area (Å²) in [7, 11) is 0. The summed E-state index contributed by atoms with van der Waals surface area (Å²) in [6.45, 7) is 0. The molecule has 9 heteroatoms. The Bertz CT molecular complexity index is 919. The van der Waals surface area contributed by atoms with E-state index in [1.165, 1.54) is 11.8 Å². The lowest BCUT2D eigenvalue weighted by Crippen LogP contribution is -2.14. The second-order valence-electron chi connectivity index (χ2n) is 4.91. The number of aromatic nitrogens is 3. The second-order valence-corrected chi connectivity index (χ2v) is 7.86. The average Bonchev–Trinajstić information content (AvgIpc) is 3.04.